The van der Waals surface area contributed by atoms with Gasteiger partial charge in [0.2, 0.25) is 0 Å². The molecule has 1 fully saturated rings. The minimum absolute atomic E-state index is 0.701. The summed E-state index contributed by atoms with van der Waals surface area (Å²) in [5.74, 6) is 2.94. The summed E-state index contributed by atoms with van der Waals surface area (Å²) in [7, 11) is 1.95. The molecule has 0 aliphatic carbocycles. The standard InChI is InChI=1S/C14H24N2O/c1-10-5-11(2)16(8-10)9-13-6-14(7-15-4)17-12(13)3/h6,10-11,15H,5,7-9H2,1-4H3. The van der Waals surface area contributed by atoms with Crippen LogP contribution in [0.15, 0.2) is 10.5 Å². The van der Waals surface area contributed by atoms with E-state index in [-0.39, 0.29) is 0 Å². The second-order valence-corrected chi connectivity index (χ2v) is 5.44. The number of nitrogens with one attached hydrogen (secondary N) is 1. The first-order valence-electron chi connectivity index (χ1n) is 6.57. The third kappa shape index (κ3) is 2.90. The molecule has 1 saturated heterocycles. The topological polar surface area (TPSA) is 28.4 Å². The van der Waals surface area contributed by atoms with E-state index >= 15 is 0 Å². The van der Waals surface area contributed by atoms with Gasteiger partial charge in [-0.25, -0.2) is 0 Å². The largest absolute Gasteiger partial charge is 0.465 e. The Hall–Kier alpha value is -0.800. The number of furan rings is 1. The highest BCUT2D eigenvalue weighted by Crippen LogP contribution is 2.26. The lowest BCUT2D eigenvalue weighted by Gasteiger charge is -2.20. The zero-order valence-corrected chi connectivity index (χ0v) is 11.4. The van der Waals surface area contributed by atoms with E-state index in [1.807, 2.05) is 7.05 Å². The predicted octanol–water partition coefficient (Wildman–Crippen LogP) is 2.54. The molecule has 0 spiro atoms. The van der Waals surface area contributed by atoms with E-state index in [4.69, 9.17) is 4.42 Å². The number of hydrogen-bond donors (Lipinski definition) is 1. The molecular formula is C14H24N2O. The highest BCUT2D eigenvalue weighted by molar-refractivity contribution is 5.21. The van der Waals surface area contributed by atoms with Crippen LogP contribution < -0.4 is 5.32 Å². The van der Waals surface area contributed by atoms with Crippen molar-refractivity contribution in [2.24, 2.45) is 5.92 Å². The van der Waals surface area contributed by atoms with E-state index in [0.717, 1.165) is 30.5 Å². The van der Waals surface area contributed by atoms with Gasteiger partial charge in [0, 0.05) is 24.7 Å². The SMILES string of the molecule is CNCc1cc(CN2CC(C)CC2C)c(C)o1. The van der Waals surface area contributed by atoms with Crippen molar-refractivity contribution in [2.45, 2.75) is 46.3 Å². The number of rotatable bonds is 4. The summed E-state index contributed by atoms with van der Waals surface area (Å²) >= 11 is 0. The van der Waals surface area contributed by atoms with E-state index in [9.17, 15) is 0 Å². The summed E-state index contributed by atoms with van der Waals surface area (Å²) in [6.45, 7) is 9.79. The fourth-order valence-corrected chi connectivity index (χ4v) is 2.83. The third-order valence-corrected chi connectivity index (χ3v) is 3.71. The quantitative estimate of drug-likeness (QED) is 0.871. The van der Waals surface area contributed by atoms with Gasteiger partial charge in [-0.15, -0.1) is 0 Å². The van der Waals surface area contributed by atoms with E-state index in [0.29, 0.717) is 6.04 Å². The molecule has 17 heavy (non-hydrogen) atoms. The van der Waals surface area contributed by atoms with Crippen LogP contribution in [-0.4, -0.2) is 24.5 Å². The zero-order valence-electron chi connectivity index (χ0n) is 11.4. The van der Waals surface area contributed by atoms with Crippen LogP contribution >= 0.6 is 0 Å². The van der Waals surface area contributed by atoms with Gasteiger partial charge >= 0.3 is 0 Å². The van der Waals surface area contributed by atoms with Gasteiger partial charge in [-0.05, 0) is 39.3 Å². The van der Waals surface area contributed by atoms with Crippen molar-refractivity contribution in [3.8, 4) is 0 Å². The molecule has 0 aromatic carbocycles. The maximum absolute atomic E-state index is 5.74. The lowest BCUT2D eigenvalue weighted by molar-refractivity contribution is 0.255. The van der Waals surface area contributed by atoms with Gasteiger partial charge in [-0.3, -0.25) is 4.90 Å². The smallest absolute Gasteiger partial charge is 0.118 e. The van der Waals surface area contributed by atoms with Crippen molar-refractivity contribution >= 4 is 0 Å². The summed E-state index contributed by atoms with van der Waals surface area (Å²) in [6.07, 6.45) is 1.32. The minimum atomic E-state index is 0.701. The average Bonchev–Trinajstić information content (AvgIpc) is 2.73. The summed E-state index contributed by atoms with van der Waals surface area (Å²) in [4.78, 5) is 2.56. The predicted molar refractivity (Wildman–Crippen MR) is 69.9 cm³/mol. The van der Waals surface area contributed by atoms with Gasteiger partial charge in [0.15, 0.2) is 0 Å². The molecule has 0 bridgehead atoms. The number of aryl methyl sites for hydroxylation is 1. The lowest BCUT2D eigenvalue weighted by Crippen LogP contribution is -2.26. The van der Waals surface area contributed by atoms with Crippen LogP contribution in [0.25, 0.3) is 0 Å². The van der Waals surface area contributed by atoms with Gasteiger partial charge in [0.05, 0.1) is 6.54 Å². The Kier molecular flexibility index (Phi) is 3.89. The van der Waals surface area contributed by atoms with Gasteiger partial charge in [-0.2, -0.15) is 0 Å². The number of likely N-dealkylation sites (tertiary alicyclic amines) is 1. The van der Waals surface area contributed by atoms with Crippen LogP contribution in [0.5, 0.6) is 0 Å². The second kappa shape index (κ2) is 5.23. The molecule has 1 aliphatic heterocycles. The second-order valence-electron chi connectivity index (χ2n) is 5.44. The minimum Gasteiger partial charge on any atom is -0.465 e. The molecule has 2 heterocycles. The lowest BCUT2D eigenvalue weighted by atomic mass is 10.1. The molecule has 0 radical (unpaired) electrons. The fraction of sp³-hybridized carbons (Fsp3) is 0.714. The summed E-state index contributed by atoms with van der Waals surface area (Å²) < 4.78 is 5.74. The molecule has 0 saturated carbocycles. The highest BCUT2D eigenvalue weighted by atomic mass is 16.3. The summed E-state index contributed by atoms with van der Waals surface area (Å²) in [5, 5.41) is 3.13. The Morgan fingerprint density at radius 1 is 1.47 bits per heavy atom. The molecular weight excluding hydrogens is 212 g/mol. The summed E-state index contributed by atoms with van der Waals surface area (Å²) in [6, 6.07) is 2.90. The van der Waals surface area contributed by atoms with Crippen LogP contribution in [0.1, 0.15) is 37.4 Å². The average molecular weight is 236 g/mol. The number of hydrogen-bond acceptors (Lipinski definition) is 3. The first-order chi connectivity index (χ1) is 8.10. The maximum Gasteiger partial charge on any atom is 0.118 e. The van der Waals surface area contributed by atoms with Crippen LogP contribution in [0.3, 0.4) is 0 Å². The first kappa shape index (κ1) is 12.7. The van der Waals surface area contributed by atoms with Crippen LogP contribution in [0, 0.1) is 12.8 Å². The molecule has 1 N–H and O–H groups in total. The third-order valence-electron chi connectivity index (χ3n) is 3.71. The molecule has 3 nitrogen and oxygen atoms in total. The molecule has 2 unspecified atom stereocenters. The molecule has 3 heteroatoms. The zero-order chi connectivity index (χ0) is 12.4. The van der Waals surface area contributed by atoms with Gasteiger partial charge in [0.25, 0.3) is 0 Å². The Morgan fingerprint density at radius 2 is 2.24 bits per heavy atom. The number of nitrogens with zero attached hydrogens (tertiary/aromatic N) is 1. The molecule has 96 valence electrons. The van der Waals surface area contributed by atoms with Crippen molar-refractivity contribution in [2.75, 3.05) is 13.6 Å². The van der Waals surface area contributed by atoms with Crippen LogP contribution in [0.2, 0.25) is 0 Å². The molecule has 2 atom stereocenters. The Bertz CT molecular complexity index is 372. The summed E-state index contributed by atoms with van der Waals surface area (Å²) in [5.41, 5.74) is 1.34. The van der Waals surface area contributed by atoms with E-state index < -0.39 is 0 Å². The van der Waals surface area contributed by atoms with E-state index in [1.54, 1.807) is 0 Å². The Balaban J connectivity index is 2.03. The van der Waals surface area contributed by atoms with E-state index in [1.165, 1.54) is 18.5 Å². The van der Waals surface area contributed by atoms with Crippen molar-refractivity contribution in [1.29, 1.82) is 0 Å². The molecule has 1 aromatic heterocycles. The van der Waals surface area contributed by atoms with Gasteiger partial charge < -0.3 is 9.73 Å². The normalized spacial score (nSPS) is 25.6. The molecule has 1 aliphatic rings. The fourth-order valence-electron chi connectivity index (χ4n) is 2.83. The van der Waals surface area contributed by atoms with Gasteiger partial charge in [0.1, 0.15) is 11.5 Å². The first-order valence-corrected chi connectivity index (χ1v) is 6.57. The Labute approximate surface area is 104 Å². The van der Waals surface area contributed by atoms with Crippen molar-refractivity contribution in [1.82, 2.24) is 10.2 Å². The van der Waals surface area contributed by atoms with Crippen molar-refractivity contribution < 1.29 is 4.42 Å². The van der Waals surface area contributed by atoms with Crippen molar-refractivity contribution in [3.05, 3.63) is 23.2 Å². The monoisotopic (exact) mass is 236 g/mol. The maximum atomic E-state index is 5.74. The highest BCUT2D eigenvalue weighted by Gasteiger charge is 2.26. The van der Waals surface area contributed by atoms with E-state index in [2.05, 4.69) is 37.1 Å². The molecule has 0 amide bonds. The molecule has 2 rings (SSSR count). The van der Waals surface area contributed by atoms with Gasteiger partial charge in [-0.1, -0.05) is 6.92 Å². The van der Waals surface area contributed by atoms with Crippen LogP contribution in [-0.2, 0) is 13.1 Å². The van der Waals surface area contributed by atoms with Crippen LogP contribution in [0.4, 0.5) is 0 Å². The van der Waals surface area contributed by atoms with Crippen molar-refractivity contribution in [3.63, 3.8) is 0 Å². The molecule has 1 aromatic rings. The Morgan fingerprint density at radius 3 is 2.82 bits per heavy atom.